The Morgan fingerprint density at radius 2 is 1.86 bits per heavy atom. The maximum absolute atomic E-state index is 12.7. The molecule has 0 aliphatic heterocycles. The van der Waals surface area contributed by atoms with Crippen molar-refractivity contribution in [1.82, 2.24) is 9.71 Å². The van der Waals surface area contributed by atoms with Crippen LogP contribution in [0.3, 0.4) is 0 Å². The van der Waals surface area contributed by atoms with Crippen molar-refractivity contribution in [2.24, 2.45) is 0 Å². The van der Waals surface area contributed by atoms with E-state index >= 15 is 0 Å². The van der Waals surface area contributed by atoms with Gasteiger partial charge in [0.2, 0.25) is 10.0 Å². The van der Waals surface area contributed by atoms with Gasteiger partial charge in [-0.25, -0.2) is 18.1 Å². The minimum atomic E-state index is -3.58. The molecular formula is C21H25N3O3S2. The van der Waals surface area contributed by atoms with Gasteiger partial charge in [0, 0.05) is 32.2 Å². The van der Waals surface area contributed by atoms with Crippen LogP contribution in [0, 0.1) is 0 Å². The van der Waals surface area contributed by atoms with Gasteiger partial charge in [-0.1, -0.05) is 25.0 Å². The molecule has 0 unspecified atom stereocenters. The fourth-order valence-corrected chi connectivity index (χ4v) is 5.84. The van der Waals surface area contributed by atoms with E-state index in [-0.39, 0.29) is 10.8 Å². The van der Waals surface area contributed by atoms with Crippen LogP contribution in [0.5, 0.6) is 0 Å². The van der Waals surface area contributed by atoms with Crippen LogP contribution < -0.4 is 9.62 Å². The molecule has 0 spiro atoms. The molecule has 6 nitrogen and oxygen atoms in total. The molecule has 3 aromatic rings. The molecule has 0 atom stereocenters. The zero-order valence-corrected chi connectivity index (χ0v) is 18.2. The average molecular weight is 432 g/mol. The van der Waals surface area contributed by atoms with Gasteiger partial charge in [0.05, 0.1) is 11.1 Å². The number of anilines is 1. The van der Waals surface area contributed by atoms with E-state index in [1.54, 1.807) is 18.3 Å². The van der Waals surface area contributed by atoms with E-state index < -0.39 is 10.0 Å². The molecule has 1 aliphatic carbocycles. The van der Waals surface area contributed by atoms with Crippen molar-refractivity contribution in [1.29, 1.82) is 0 Å². The van der Waals surface area contributed by atoms with Crippen LogP contribution >= 0.6 is 11.3 Å². The second-order valence-corrected chi connectivity index (χ2v) is 10.6. The molecule has 1 saturated carbocycles. The van der Waals surface area contributed by atoms with Crippen LogP contribution in [0.15, 0.2) is 51.2 Å². The highest BCUT2D eigenvalue weighted by Gasteiger charge is 2.23. The summed E-state index contributed by atoms with van der Waals surface area (Å²) in [6, 6.07) is 11.2. The first-order valence-corrected chi connectivity index (χ1v) is 12.0. The first-order chi connectivity index (χ1) is 13.9. The van der Waals surface area contributed by atoms with E-state index in [0.717, 1.165) is 34.9 Å². The summed E-state index contributed by atoms with van der Waals surface area (Å²) in [6.45, 7) is 0.247. The zero-order chi connectivity index (χ0) is 20.4. The second-order valence-electron chi connectivity index (χ2n) is 7.55. The van der Waals surface area contributed by atoms with Crippen LogP contribution in [0.4, 0.5) is 5.69 Å². The standard InChI is InChI=1S/C21H25N3O3S2/c1-24(2)17-9-7-15(8-10-17)13-23-29(25,26)20-12-11-19(28-20)18-14-22-21(27-18)16-5-3-4-6-16/h7-12,14,16,23H,3-6,13H2,1-2H3. The summed E-state index contributed by atoms with van der Waals surface area (Å²) in [5.41, 5.74) is 1.98. The van der Waals surface area contributed by atoms with Gasteiger partial charge in [-0.05, 0) is 42.7 Å². The van der Waals surface area contributed by atoms with Gasteiger partial charge < -0.3 is 9.32 Å². The topological polar surface area (TPSA) is 75.4 Å². The Hall–Kier alpha value is -2.16. The number of nitrogens with zero attached hydrogens (tertiary/aromatic N) is 2. The minimum absolute atomic E-state index is 0.247. The molecule has 1 aliphatic rings. The van der Waals surface area contributed by atoms with E-state index in [4.69, 9.17) is 4.42 Å². The number of benzene rings is 1. The molecule has 29 heavy (non-hydrogen) atoms. The molecule has 154 valence electrons. The van der Waals surface area contributed by atoms with Crippen LogP contribution in [-0.2, 0) is 16.6 Å². The quantitative estimate of drug-likeness (QED) is 0.591. The molecule has 2 aromatic heterocycles. The lowest BCUT2D eigenvalue weighted by Crippen LogP contribution is -2.22. The first-order valence-electron chi connectivity index (χ1n) is 9.74. The molecule has 0 radical (unpaired) electrons. The van der Waals surface area contributed by atoms with Crippen molar-refractivity contribution in [3.8, 4) is 10.6 Å². The van der Waals surface area contributed by atoms with Crippen molar-refractivity contribution in [2.75, 3.05) is 19.0 Å². The third kappa shape index (κ3) is 4.55. The Morgan fingerprint density at radius 1 is 1.14 bits per heavy atom. The molecule has 0 bridgehead atoms. The highest BCUT2D eigenvalue weighted by molar-refractivity contribution is 7.91. The number of aromatic nitrogens is 1. The Balaban J connectivity index is 1.43. The third-order valence-electron chi connectivity index (χ3n) is 5.24. The van der Waals surface area contributed by atoms with Crippen molar-refractivity contribution < 1.29 is 12.8 Å². The maximum atomic E-state index is 12.7. The number of thiophene rings is 1. The summed E-state index contributed by atoms with van der Waals surface area (Å²) < 4.78 is 34.2. The van der Waals surface area contributed by atoms with E-state index in [2.05, 4.69) is 9.71 Å². The fraction of sp³-hybridized carbons (Fsp3) is 0.381. The van der Waals surface area contributed by atoms with Gasteiger partial charge in [0.25, 0.3) is 0 Å². The van der Waals surface area contributed by atoms with Crippen LogP contribution in [0.1, 0.15) is 43.1 Å². The minimum Gasteiger partial charge on any atom is -0.440 e. The van der Waals surface area contributed by atoms with E-state index in [0.29, 0.717) is 11.7 Å². The Kier molecular flexibility index (Phi) is 5.76. The van der Waals surface area contributed by atoms with Gasteiger partial charge in [0.1, 0.15) is 4.21 Å². The molecular weight excluding hydrogens is 406 g/mol. The number of hydrogen-bond donors (Lipinski definition) is 1. The van der Waals surface area contributed by atoms with E-state index in [1.807, 2.05) is 43.3 Å². The molecule has 4 rings (SSSR count). The Morgan fingerprint density at radius 3 is 2.55 bits per heavy atom. The molecule has 1 N–H and O–H groups in total. The van der Waals surface area contributed by atoms with E-state index in [9.17, 15) is 8.42 Å². The number of oxazole rings is 1. The molecule has 8 heteroatoms. The van der Waals surface area contributed by atoms with Gasteiger partial charge in [0.15, 0.2) is 11.7 Å². The number of rotatable bonds is 7. The third-order valence-corrected chi connectivity index (χ3v) is 8.23. The summed E-state index contributed by atoms with van der Waals surface area (Å²) in [7, 11) is 0.354. The van der Waals surface area contributed by atoms with Crippen molar-refractivity contribution in [3.63, 3.8) is 0 Å². The normalized spacial score (nSPS) is 15.1. The largest absolute Gasteiger partial charge is 0.440 e. The average Bonchev–Trinajstić information content (AvgIpc) is 3.47. The summed E-state index contributed by atoms with van der Waals surface area (Å²) in [5.74, 6) is 1.81. The predicted octanol–water partition coefficient (Wildman–Crippen LogP) is 4.61. The molecule has 1 fully saturated rings. The number of sulfonamides is 1. The van der Waals surface area contributed by atoms with Crippen LogP contribution in [-0.4, -0.2) is 27.5 Å². The first kappa shape index (κ1) is 20.1. The van der Waals surface area contributed by atoms with Crippen LogP contribution in [0.2, 0.25) is 0 Å². The summed E-state index contributed by atoms with van der Waals surface area (Å²) >= 11 is 1.20. The number of hydrogen-bond acceptors (Lipinski definition) is 6. The summed E-state index contributed by atoms with van der Waals surface area (Å²) in [5, 5.41) is 0. The fourth-order valence-electron chi connectivity index (χ4n) is 3.52. The Labute approximate surface area is 175 Å². The van der Waals surface area contributed by atoms with Gasteiger partial charge in [-0.3, -0.25) is 0 Å². The van der Waals surface area contributed by atoms with Gasteiger partial charge >= 0.3 is 0 Å². The summed E-state index contributed by atoms with van der Waals surface area (Å²) in [4.78, 5) is 7.19. The monoisotopic (exact) mass is 431 g/mol. The van der Waals surface area contributed by atoms with E-state index in [1.165, 1.54) is 24.2 Å². The number of nitrogens with one attached hydrogen (secondary N) is 1. The lowest BCUT2D eigenvalue weighted by molar-refractivity contribution is 0.458. The van der Waals surface area contributed by atoms with Crippen LogP contribution in [0.25, 0.3) is 10.6 Å². The zero-order valence-electron chi connectivity index (χ0n) is 16.6. The smallest absolute Gasteiger partial charge is 0.250 e. The second kappa shape index (κ2) is 8.30. The van der Waals surface area contributed by atoms with Gasteiger partial charge in [-0.15, -0.1) is 11.3 Å². The van der Waals surface area contributed by atoms with Crippen molar-refractivity contribution >= 4 is 27.0 Å². The molecule has 2 heterocycles. The molecule has 0 saturated heterocycles. The summed E-state index contributed by atoms with van der Waals surface area (Å²) in [6.07, 6.45) is 6.36. The maximum Gasteiger partial charge on any atom is 0.250 e. The van der Waals surface area contributed by atoms with Crippen molar-refractivity contribution in [2.45, 2.75) is 42.4 Å². The van der Waals surface area contributed by atoms with Gasteiger partial charge in [-0.2, -0.15) is 0 Å². The molecule has 0 amide bonds. The predicted molar refractivity (Wildman–Crippen MR) is 116 cm³/mol. The lowest BCUT2D eigenvalue weighted by atomic mass is 10.1. The highest BCUT2D eigenvalue weighted by atomic mass is 32.2. The highest BCUT2D eigenvalue weighted by Crippen LogP contribution is 2.37. The Bertz CT molecular complexity index is 1060. The molecule has 1 aromatic carbocycles. The lowest BCUT2D eigenvalue weighted by Gasteiger charge is -2.12. The SMILES string of the molecule is CN(C)c1ccc(CNS(=O)(=O)c2ccc(-c3cnc(C4CCCC4)o3)s2)cc1. The van der Waals surface area contributed by atoms with Crippen molar-refractivity contribution in [3.05, 3.63) is 54.0 Å².